The van der Waals surface area contributed by atoms with Crippen molar-refractivity contribution in [3.8, 4) is 5.75 Å². The van der Waals surface area contributed by atoms with Crippen LogP contribution in [0.5, 0.6) is 5.75 Å². The Bertz CT molecular complexity index is 718. The van der Waals surface area contributed by atoms with E-state index < -0.39 is 10.0 Å². The lowest BCUT2D eigenvalue weighted by atomic mass is 9.95. The highest BCUT2D eigenvalue weighted by molar-refractivity contribution is 7.89. The van der Waals surface area contributed by atoms with E-state index >= 15 is 0 Å². The van der Waals surface area contributed by atoms with E-state index in [9.17, 15) is 13.2 Å². The molecular formula is C15H19ClN2O4S. The van der Waals surface area contributed by atoms with Crippen molar-refractivity contribution < 1.29 is 17.9 Å². The Balaban J connectivity index is 1.84. The van der Waals surface area contributed by atoms with Gasteiger partial charge < -0.3 is 10.1 Å². The number of carbonyl (C=O) groups is 1. The Morgan fingerprint density at radius 3 is 2.70 bits per heavy atom. The highest BCUT2D eigenvalue weighted by Gasteiger charge is 2.41. The number of sulfonamides is 1. The second-order valence-electron chi connectivity index (χ2n) is 5.99. The van der Waals surface area contributed by atoms with Gasteiger partial charge in [0.1, 0.15) is 10.6 Å². The van der Waals surface area contributed by atoms with Gasteiger partial charge in [-0.2, -0.15) is 0 Å². The van der Waals surface area contributed by atoms with Crippen LogP contribution in [0.2, 0.25) is 5.02 Å². The number of hydrogen-bond donors (Lipinski definition) is 2. The molecule has 3 rings (SSSR count). The van der Waals surface area contributed by atoms with Crippen molar-refractivity contribution >= 4 is 27.5 Å². The van der Waals surface area contributed by atoms with Crippen molar-refractivity contribution in [2.75, 3.05) is 7.11 Å². The summed E-state index contributed by atoms with van der Waals surface area (Å²) in [7, 11) is -2.33. The lowest BCUT2D eigenvalue weighted by Crippen LogP contribution is -2.56. The number of methoxy groups -OCH3 is 1. The van der Waals surface area contributed by atoms with Crippen LogP contribution in [0.25, 0.3) is 0 Å². The fraction of sp³-hybridized carbons (Fsp3) is 0.533. The Morgan fingerprint density at radius 1 is 1.30 bits per heavy atom. The molecule has 1 saturated carbocycles. The first kappa shape index (κ1) is 16.5. The van der Waals surface area contributed by atoms with Gasteiger partial charge in [-0.3, -0.25) is 4.79 Å². The van der Waals surface area contributed by atoms with E-state index in [2.05, 4.69) is 10.0 Å². The van der Waals surface area contributed by atoms with E-state index in [1.807, 2.05) is 0 Å². The molecule has 23 heavy (non-hydrogen) atoms. The van der Waals surface area contributed by atoms with E-state index in [1.165, 1.54) is 19.2 Å². The average Bonchev–Trinajstić information content (AvgIpc) is 3.34. The fourth-order valence-electron chi connectivity index (χ4n) is 2.94. The smallest absolute Gasteiger partial charge is 0.242 e. The molecule has 2 atom stereocenters. The summed E-state index contributed by atoms with van der Waals surface area (Å²) in [4.78, 5) is 11.6. The highest BCUT2D eigenvalue weighted by atomic mass is 35.5. The lowest BCUT2D eigenvalue weighted by Gasteiger charge is -2.32. The topological polar surface area (TPSA) is 84.5 Å². The number of rotatable bonds is 5. The summed E-state index contributed by atoms with van der Waals surface area (Å²) in [5.74, 6) is 0.759. The number of hydrogen-bond acceptors (Lipinski definition) is 4. The summed E-state index contributed by atoms with van der Waals surface area (Å²) in [6.45, 7) is 0. The van der Waals surface area contributed by atoms with E-state index in [4.69, 9.17) is 16.3 Å². The largest absolute Gasteiger partial charge is 0.497 e. The normalized spacial score (nSPS) is 25.0. The Morgan fingerprint density at radius 2 is 2.04 bits per heavy atom. The van der Waals surface area contributed by atoms with Gasteiger partial charge in [0.2, 0.25) is 15.9 Å². The SMILES string of the molecule is COc1ccc(Cl)c(S(=O)(=O)NC2CCC(=O)NC2C2CC2)c1. The predicted molar refractivity (Wildman–Crippen MR) is 86.0 cm³/mol. The monoisotopic (exact) mass is 358 g/mol. The Kier molecular flexibility index (Phi) is 4.53. The molecule has 1 aromatic carbocycles. The number of ether oxygens (including phenoxy) is 1. The summed E-state index contributed by atoms with van der Waals surface area (Å²) in [6.07, 6.45) is 2.85. The third-order valence-corrected chi connectivity index (χ3v) is 6.28. The maximum atomic E-state index is 12.7. The summed E-state index contributed by atoms with van der Waals surface area (Å²) < 4.78 is 33.2. The summed E-state index contributed by atoms with van der Waals surface area (Å²) >= 11 is 6.05. The number of halogens is 1. The first-order valence-electron chi connectivity index (χ1n) is 7.56. The maximum Gasteiger partial charge on any atom is 0.242 e. The van der Waals surface area contributed by atoms with Crippen molar-refractivity contribution in [3.05, 3.63) is 23.2 Å². The van der Waals surface area contributed by atoms with Gasteiger partial charge in [-0.05, 0) is 37.3 Å². The third kappa shape index (κ3) is 3.62. The number of carbonyl (C=O) groups excluding carboxylic acids is 1. The van der Waals surface area contributed by atoms with Crippen molar-refractivity contribution in [2.45, 2.75) is 42.7 Å². The molecule has 126 valence electrons. The Labute approximate surface area is 140 Å². The van der Waals surface area contributed by atoms with E-state index in [0.29, 0.717) is 24.5 Å². The number of amides is 1. The molecular weight excluding hydrogens is 340 g/mol. The molecule has 0 bridgehead atoms. The molecule has 1 heterocycles. The quantitative estimate of drug-likeness (QED) is 0.838. The number of benzene rings is 1. The molecule has 1 aliphatic heterocycles. The van der Waals surface area contributed by atoms with Crippen LogP contribution in [0.3, 0.4) is 0 Å². The van der Waals surface area contributed by atoms with Crippen LogP contribution < -0.4 is 14.8 Å². The van der Waals surface area contributed by atoms with Crippen LogP contribution in [0.15, 0.2) is 23.1 Å². The van der Waals surface area contributed by atoms with Gasteiger partial charge in [0.15, 0.2) is 0 Å². The van der Waals surface area contributed by atoms with Crippen LogP contribution in [0.4, 0.5) is 0 Å². The van der Waals surface area contributed by atoms with Crippen LogP contribution in [-0.2, 0) is 14.8 Å². The molecule has 2 unspecified atom stereocenters. The second kappa shape index (κ2) is 6.30. The second-order valence-corrected chi connectivity index (χ2v) is 8.08. The number of piperidine rings is 1. The zero-order chi connectivity index (χ0) is 16.6. The molecule has 2 fully saturated rings. The molecule has 6 nitrogen and oxygen atoms in total. The predicted octanol–water partition coefficient (Wildman–Crippen LogP) is 1.68. The molecule has 1 amide bonds. The molecule has 1 aromatic rings. The maximum absolute atomic E-state index is 12.7. The first-order valence-corrected chi connectivity index (χ1v) is 9.42. The molecule has 0 aromatic heterocycles. The molecule has 8 heteroatoms. The lowest BCUT2D eigenvalue weighted by molar-refractivity contribution is -0.123. The van der Waals surface area contributed by atoms with Crippen molar-refractivity contribution in [2.24, 2.45) is 5.92 Å². The zero-order valence-corrected chi connectivity index (χ0v) is 14.3. The number of nitrogens with one attached hydrogen (secondary N) is 2. The molecule has 2 N–H and O–H groups in total. The van der Waals surface area contributed by atoms with Crippen LogP contribution in [-0.4, -0.2) is 33.5 Å². The Hall–Kier alpha value is -1.31. The molecule has 0 spiro atoms. The molecule has 1 saturated heterocycles. The fourth-order valence-corrected chi connectivity index (χ4v) is 4.75. The first-order chi connectivity index (χ1) is 10.9. The van der Waals surface area contributed by atoms with Gasteiger partial charge in [0, 0.05) is 24.6 Å². The van der Waals surface area contributed by atoms with Gasteiger partial charge in [0.25, 0.3) is 0 Å². The minimum absolute atomic E-state index is 0.00929. The summed E-state index contributed by atoms with van der Waals surface area (Å²) in [6, 6.07) is 4.05. The van der Waals surface area contributed by atoms with E-state index in [1.54, 1.807) is 6.07 Å². The molecule has 0 radical (unpaired) electrons. The van der Waals surface area contributed by atoms with Crippen molar-refractivity contribution in [1.29, 1.82) is 0 Å². The third-order valence-electron chi connectivity index (χ3n) is 4.31. The van der Waals surface area contributed by atoms with Crippen molar-refractivity contribution in [1.82, 2.24) is 10.0 Å². The minimum atomic E-state index is -3.79. The standard InChI is InChI=1S/C15H19ClN2O4S/c1-22-10-4-5-11(16)13(8-10)23(20,21)18-12-6-7-14(19)17-15(12)9-2-3-9/h4-5,8-9,12,15,18H,2-3,6-7H2,1H3,(H,17,19). The van der Waals surface area contributed by atoms with Gasteiger partial charge in [-0.1, -0.05) is 11.6 Å². The van der Waals surface area contributed by atoms with Crippen LogP contribution in [0, 0.1) is 5.92 Å². The van der Waals surface area contributed by atoms with Gasteiger partial charge >= 0.3 is 0 Å². The van der Waals surface area contributed by atoms with E-state index in [0.717, 1.165) is 12.8 Å². The molecule has 2 aliphatic rings. The minimum Gasteiger partial charge on any atom is -0.497 e. The molecule has 1 aliphatic carbocycles. The van der Waals surface area contributed by atoms with Crippen LogP contribution in [0.1, 0.15) is 25.7 Å². The van der Waals surface area contributed by atoms with E-state index in [-0.39, 0.29) is 27.9 Å². The highest BCUT2D eigenvalue weighted by Crippen LogP contribution is 2.37. The zero-order valence-electron chi connectivity index (χ0n) is 12.7. The van der Waals surface area contributed by atoms with Gasteiger partial charge in [-0.25, -0.2) is 13.1 Å². The van der Waals surface area contributed by atoms with Crippen molar-refractivity contribution in [3.63, 3.8) is 0 Å². The van der Waals surface area contributed by atoms with Crippen LogP contribution >= 0.6 is 11.6 Å². The summed E-state index contributed by atoms with van der Waals surface area (Å²) in [5, 5.41) is 3.06. The van der Waals surface area contributed by atoms with Gasteiger partial charge in [-0.15, -0.1) is 0 Å². The van der Waals surface area contributed by atoms with Gasteiger partial charge in [0.05, 0.1) is 12.1 Å². The average molecular weight is 359 g/mol. The summed E-state index contributed by atoms with van der Waals surface area (Å²) in [5.41, 5.74) is 0.